The zero-order chi connectivity index (χ0) is 13.0. The van der Waals surface area contributed by atoms with E-state index in [1.807, 2.05) is 0 Å². The van der Waals surface area contributed by atoms with Gasteiger partial charge in [0.15, 0.2) is 0 Å². The van der Waals surface area contributed by atoms with Crippen LogP contribution in [-0.2, 0) is 11.3 Å². The van der Waals surface area contributed by atoms with Gasteiger partial charge in [0.2, 0.25) is 11.8 Å². The molecule has 1 fully saturated rings. The molecule has 0 amide bonds. The van der Waals surface area contributed by atoms with Gasteiger partial charge in [-0.1, -0.05) is 0 Å². The summed E-state index contributed by atoms with van der Waals surface area (Å²) in [4.78, 5) is 14.9. The zero-order valence-corrected chi connectivity index (χ0v) is 10.5. The van der Waals surface area contributed by atoms with Gasteiger partial charge < -0.3 is 14.4 Å². The van der Waals surface area contributed by atoms with E-state index < -0.39 is 5.97 Å². The molecular weight excluding hydrogens is 236 g/mol. The van der Waals surface area contributed by atoms with E-state index in [2.05, 4.69) is 20.0 Å². The minimum absolute atomic E-state index is 0.211. The van der Waals surface area contributed by atoms with Crippen molar-refractivity contribution in [3.05, 3.63) is 11.8 Å². The van der Waals surface area contributed by atoms with Gasteiger partial charge in [-0.05, 0) is 0 Å². The van der Waals surface area contributed by atoms with E-state index in [-0.39, 0.29) is 6.42 Å². The van der Waals surface area contributed by atoms with Crippen molar-refractivity contribution in [3.63, 3.8) is 0 Å². The smallest absolute Gasteiger partial charge is 0.304 e. The zero-order valence-electron chi connectivity index (χ0n) is 10.5. The predicted octanol–water partition coefficient (Wildman–Crippen LogP) is -0.0297. The number of carbonyl (C=O) groups is 1. The third-order valence-electron chi connectivity index (χ3n) is 3.03. The number of aliphatic carboxylic acids is 1. The molecular formula is C11H18N4O3. The second-order valence-corrected chi connectivity index (χ2v) is 4.48. The Balaban J connectivity index is 1.71. The van der Waals surface area contributed by atoms with E-state index in [1.165, 1.54) is 0 Å². The van der Waals surface area contributed by atoms with E-state index in [1.54, 1.807) is 6.92 Å². The maximum Gasteiger partial charge on any atom is 0.304 e. The first kappa shape index (κ1) is 13.0. The molecule has 7 heteroatoms. The summed E-state index contributed by atoms with van der Waals surface area (Å²) >= 11 is 0. The Kier molecular flexibility index (Phi) is 4.27. The van der Waals surface area contributed by atoms with Crippen molar-refractivity contribution >= 4 is 5.97 Å². The van der Waals surface area contributed by atoms with Crippen molar-refractivity contribution in [1.29, 1.82) is 0 Å². The quantitative estimate of drug-likeness (QED) is 0.790. The van der Waals surface area contributed by atoms with Crippen molar-refractivity contribution in [1.82, 2.24) is 20.0 Å². The normalized spacial score (nSPS) is 18.1. The molecule has 0 aromatic carbocycles. The molecule has 0 saturated carbocycles. The van der Waals surface area contributed by atoms with Gasteiger partial charge in [0, 0.05) is 39.6 Å². The highest BCUT2D eigenvalue weighted by Crippen LogP contribution is 2.07. The Morgan fingerprint density at radius 2 is 1.94 bits per heavy atom. The van der Waals surface area contributed by atoms with Crippen LogP contribution in [0.15, 0.2) is 4.42 Å². The first-order chi connectivity index (χ1) is 8.63. The van der Waals surface area contributed by atoms with Gasteiger partial charge >= 0.3 is 5.97 Å². The summed E-state index contributed by atoms with van der Waals surface area (Å²) in [6.07, 6.45) is 0.211. The number of aryl methyl sites for hydroxylation is 1. The third-order valence-corrected chi connectivity index (χ3v) is 3.03. The lowest BCUT2D eigenvalue weighted by Crippen LogP contribution is -2.46. The van der Waals surface area contributed by atoms with Crippen LogP contribution in [0.4, 0.5) is 0 Å². The Morgan fingerprint density at radius 3 is 2.50 bits per heavy atom. The average molecular weight is 254 g/mol. The van der Waals surface area contributed by atoms with Crippen LogP contribution in [-0.4, -0.2) is 63.8 Å². The maximum atomic E-state index is 10.5. The Labute approximate surface area is 105 Å². The number of hydrogen-bond acceptors (Lipinski definition) is 6. The number of rotatable bonds is 5. The minimum Gasteiger partial charge on any atom is -0.481 e. The molecule has 1 aromatic rings. The molecule has 0 aliphatic carbocycles. The van der Waals surface area contributed by atoms with Crippen LogP contribution in [0, 0.1) is 6.92 Å². The largest absolute Gasteiger partial charge is 0.481 e. The third kappa shape index (κ3) is 3.78. The fourth-order valence-corrected chi connectivity index (χ4v) is 2.02. The van der Waals surface area contributed by atoms with Crippen LogP contribution in [0.3, 0.4) is 0 Å². The van der Waals surface area contributed by atoms with Crippen LogP contribution >= 0.6 is 0 Å². The predicted molar refractivity (Wildman–Crippen MR) is 63.0 cm³/mol. The Hall–Kier alpha value is -1.47. The molecule has 2 rings (SSSR count). The standard InChI is InChI=1S/C11H18N4O3/c1-9-12-13-10(18-9)8-15-6-4-14(5-7-15)3-2-11(16)17/h2-8H2,1H3,(H,16,17). The van der Waals surface area contributed by atoms with Gasteiger partial charge in [0.1, 0.15) is 0 Å². The van der Waals surface area contributed by atoms with Gasteiger partial charge in [-0.3, -0.25) is 9.69 Å². The Bertz CT molecular complexity index is 399. The highest BCUT2D eigenvalue weighted by atomic mass is 16.4. The van der Waals surface area contributed by atoms with Gasteiger partial charge in [0.05, 0.1) is 13.0 Å². The molecule has 1 aliphatic heterocycles. The molecule has 7 nitrogen and oxygen atoms in total. The summed E-state index contributed by atoms with van der Waals surface area (Å²) in [7, 11) is 0. The summed E-state index contributed by atoms with van der Waals surface area (Å²) in [5.41, 5.74) is 0. The number of carboxylic acid groups (broad SMARTS) is 1. The lowest BCUT2D eigenvalue weighted by molar-refractivity contribution is -0.137. The number of aromatic nitrogens is 2. The van der Waals surface area contributed by atoms with Crippen molar-refractivity contribution in [2.45, 2.75) is 19.9 Å². The van der Waals surface area contributed by atoms with E-state index in [0.29, 0.717) is 24.9 Å². The molecule has 100 valence electrons. The molecule has 1 saturated heterocycles. The van der Waals surface area contributed by atoms with Gasteiger partial charge in [-0.15, -0.1) is 10.2 Å². The Morgan fingerprint density at radius 1 is 1.28 bits per heavy atom. The van der Waals surface area contributed by atoms with Crippen LogP contribution in [0.5, 0.6) is 0 Å². The molecule has 18 heavy (non-hydrogen) atoms. The van der Waals surface area contributed by atoms with Crippen LogP contribution in [0.1, 0.15) is 18.2 Å². The van der Waals surface area contributed by atoms with E-state index in [4.69, 9.17) is 9.52 Å². The highest BCUT2D eigenvalue weighted by Gasteiger charge is 2.18. The monoisotopic (exact) mass is 254 g/mol. The van der Waals surface area contributed by atoms with E-state index in [9.17, 15) is 4.79 Å². The second kappa shape index (κ2) is 5.92. The lowest BCUT2D eigenvalue weighted by Gasteiger charge is -2.33. The van der Waals surface area contributed by atoms with Crippen molar-refractivity contribution in [3.8, 4) is 0 Å². The number of nitrogens with zero attached hydrogens (tertiary/aromatic N) is 4. The van der Waals surface area contributed by atoms with Crippen LogP contribution in [0.2, 0.25) is 0 Å². The van der Waals surface area contributed by atoms with Gasteiger partial charge in [0.25, 0.3) is 0 Å². The topological polar surface area (TPSA) is 82.7 Å². The summed E-state index contributed by atoms with van der Waals surface area (Å²) in [5, 5.41) is 16.4. The summed E-state index contributed by atoms with van der Waals surface area (Å²) in [5.74, 6) is 0.496. The molecule has 1 N–H and O–H groups in total. The van der Waals surface area contributed by atoms with Gasteiger partial charge in [-0.2, -0.15) is 0 Å². The minimum atomic E-state index is -0.737. The molecule has 1 aromatic heterocycles. The summed E-state index contributed by atoms with van der Waals surface area (Å²) < 4.78 is 5.34. The van der Waals surface area contributed by atoms with Crippen LogP contribution < -0.4 is 0 Å². The summed E-state index contributed by atoms with van der Waals surface area (Å²) in [6.45, 7) is 6.67. The fraction of sp³-hybridized carbons (Fsp3) is 0.727. The van der Waals surface area contributed by atoms with Crippen LogP contribution in [0.25, 0.3) is 0 Å². The summed E-state index contributed by atoms with van der Waals surface area (Å²) in [6, 6.07) is 0. The molecule has 0 unspecified atom stereocenters. The molecule has 2 heterocycles. The highest BCUT2D eigenvalue weighted by molar-refractivity contribution is 5.66. The number of hydrogen-bond donors (Lipinski definition) is 1. The maximum absolute atomic E-state index is 10.5. The first-order valence-electron chi connectivity index (χ1n) is 6.09. The fourth-order valence-electron chi connectivity index (χ4n) is 2.02. The molecule has 0 bridgehead atoms. The molecule has 0 atom stereocenters. The van der Waals surface area contributed by atoms with Crippen molar-refractivity contribution < 1.29 is 14.3 Å². The molecule has 0 spiro atoms. The van der Waals surface area contributed by atoms with Crippen molar-refractivity contribution in [2.24, 2.45) is 0 Å². The molecule has 1 aliphatic rings. The van der Waals surface area contributed by atoms with E-state index in [0.717, 1.165) is 26.2 Å². The lowest BCUT2D eigenvalue weighted by atomic mass is 10.3. The average Bonchev–Trinajstić information content (AvgIpc) is 2.74. The first-order valence-corrected chi connectivity index (χ1v) is 6.09. The second-order valence-electron chi connectivity index (χ2n) is 4.48. The molecule has 0 radical (unpaired) electrons. The number of piperazine rings is 1. The van der Waals surface area contributed by atoms with Gasteiger partial charge in [-0.25, -0.2) is 0 Å². The van der Waals surface area contributed by atoms with Crippen molar-refractivity contribution in [2.75, 3.05) is 32.7 Å². The van der Waals surface area contributed by atoms with E-state index >= 15 is 0 Å². The SMILES string of the molecule is Cc1nnc(CN2CCN(CCC(=O)O)CC2)o1. The number of carboxylic acids is 1.